The van der Waals surface area contributed by atoms with Crippen LogP contribution in [0.3, 0.4) is 0 Å². The van der Waals surface area contributed by atoms with E-state index in [0.29, 0.717) is 5.92 Å². The van der Waals surface area contributed by atoms with Gasteiger partial charge in [-0.2, -0.15) is 5.10 Å². The Balaban J connectivity index is 1.75. The summed E-state index contributed by atoms with van der Waals surface area (Å²) in [6.45, 7) is 9.55. The van der Waals surface area contributed by atoms with Crippen molar-refractivity contribution < 1.29 is 4.79 Å². The van der Waals surface area contributed by atoms with Crippen molar-refractivity contribution in [2.45, 2.75) is 40.5 Å². The molecule has 3 heterocycles. The minimum Gasteiger partial charge on any atom is -0.342 e. The van der Waals surface area contributed by atoms with Gasteiger partial charge >= 0.3 is 0 Å². The average molecular weight is 327 g/mol. The zero-order valence-corrected chi connectivity index (χ0v) is 14.8. The number of aromatic nitrogens is 4. The molecule has 24 heavy (non-hydrogen) atoms. The lowest BCUT2D eigenvalue weighted by atomic mass is 9.95. The van der Waals surface area contributed by atoms with E-state index in [-0.39, 0.29) is 11.3 Å². The molecule has 1 aliphatic heterocycles. The molecule has 2 aromatic rings. The maximum atomic E-state index is 12.4. The van der Waals surface area contributed by atoms with Crippen molar-refractivity contribution in [2.24, 2.45) is 11.3 Å². The Hall–Kier alpha value is -2.24. The molecule has 6 heteroatoms. The van der Waals surface area contributed by atoms with Crippen LogP contribution in [0.2, 0.25) is 0 Å². The molecule has 0 spiro atoms. The first kappa shape index (κ1) is 16.6. The number of nitrogens with zero attached hydrogens (tertiary/aromatic N) is 4. The minimum absolute atomic E-state index is 0.232. The Morgan fingerprint density at radius 1 is 1.33 bits per heavy atom. The fraction of sp³-hybridized carbons (Fsp3) is 0.556. The summed E-state index contributed by atoms with van der Waals surface area (Å²) < 4.78 is 0. The van der Waals surface area contributed by atoms with E-state index >= 15 is 0 Å². The number of nitrogens with one attached hydrogen (secondary N) is 1. The molecule has 1 fully saturated rings. The molecule has 6 nitrogen and oxygen atoms in total. The molecule has 0 aliphatic carbocycles. The van der Waals surface area contributed by atoms with Crippen LogP contribution < -0.4 is 0 Å². The number of aryl methyl sites for hydroxylation is 1. The second kappa shape index (κ2) is 6.34. The van der Waals surface area contributed by atoms with E-state index in [9.17, 15) is 4.79 Å². The molecule has 1 aliphatic rings. The van der Waals surface area contributed by atoms with Gasteiger partial charge in [0.25, 0.3) is 0 Å². The highest BCUT2D eigenvalue weighted by Crippen LogP contribution is 2.28. The summed E-state index contributed by atoms with van der Waals surface area (Å²) in [5.41, 5.74) is 3.55. The predicted octanol–water partition coefficient (Wildman–Crippen LogP) is 2.61. The summed E-state index contributed by atoms with van der Waals surface area (Å²) in [6.07, 6.45) is 7.10. The maximum Gasteiger partial charge on any atom is 0.227 e. The normalized spacial score (nSPS) is 18.2. The van der Waals surface area contributed by atoms with E-state index in [0.717, 1.165) is 48.6 Å². The Morgan fingerprint density at radius 2 is 2.08 bits per heavy atom. The second-order valence-electron chi connectivity index (χ2n) is 7.62. The summed E-state index contributed by atoms with van der Waals surface area (Å²) in [4.78, 5) is 23.5. The molecule has 128 valence electrons. The van der Waals surface area contributed by atoms with Crippen LogP contribution >= 0.6 is 0 Å². The number of hydrogen-bond acceptors (Lipinski definition) is 4. The van der Waals surface area contributed by atoms with Gasteiger partial charge in [0.2, 0.25) is 5.91 Å². The molecule has 0 saturated carbocycles. The SMILES string of the molecule is Cc1[nH]ncc1-c1nccnc1C[C@@H]1CCN(C(=O)C(C)(C)C)C1. The summed E-state index contributed by atoms with van der Waals surface area (Å²) in [6, 6.07) is 0. The van der Waals surface area contributed by atoms with E-state index in [1.54, 1.807) is 18.6 Å². The van der Waals surface area contributed by atoms with Crippen molar-refractivity contribution >= 4 is 5.91 Å². The molecule has 2 aromatic heterocycles. The lowest BCUT2D eigenvalue weighted by Gasteiger charge is -2.25. The number of amides is 1. The first-order valence-electron chi connectivity index (χ1n) is 8.46. The van der Waals surface area contributed by atoms with Gasteiger partial charge in [0.1, 0.15) is 0 Å². The van der Waals surface area contributed by atoms with Crippen LogP contribution in [0.25, 0.3) is 11.3 Å². The van der Waals surface area contributed by atoms with Crippen molar-refractivity contribution in [3.05, 3.63) is 30.0 Å². The van der Waals surface area contributed by atoms with Crippen LogP contribution in [0, 0.1) is 18.3 Å². The summed E-state index contributed by atoms with van der Waals surface area (Å²) >= 11 is 0. The highest BCUT2D eigenvalue weighted by atomic mass is 16.2. The third-order valence-corrected chi connectivity index (χ3v) is 4.56. The van der Waals surface area contributed by atoms with Crippen molar-refractivity contribution in [2.75, 3.05) is 13.1 Å². The van der Waals surface area contributed by atoms with Gasteiger partial charge in [-0.3, -0.25) is 19.9 Å². The average Bonchev–Trinajstić information content (AvgIpc) is 3.15. The summed E-state index contributed by atoms with van der Waals surface area (Å²) in [5, 5.41) is 7.04. The van der Waals surface area contributed by atoms with Gasteiger partial charge in [-0.25, -0.2) is 0 Å². The Kier molecular flexibility index (Phi) is 4.39. The number of hydrogen-bond donors (Lipinski definition) is 1. The molecule has 1 saturated heterocycles. The van der Waals surface area contributed by atoms with E-state index in [1.807, 2.05) is 32.6 Å². The lowest BCUT2D eigenvalue weighted by Crippen LogP contribution is -2.38. The van der Waals surface area contributed by atoms with E-state index in [1.165, 1.54) is 0 Å². The molecule has 1 N–H and O–H groups in total. The Bertz CT molecular complexity index is 731. The molecular formula is C18H25N5O. The van der Waals surface area contributed by atoms with Crippen LogP contribution in [0.15, 0.2) is 18.6 Å². The van der Waals surface area contributed by atoms with Crippen molar-refractivity contribution in [1.29, 1.82) is 0 Å². The molecule has 1 amide bonds. The predicted molar refractivity (Wildman–Crippen MR) is 92.2 cm³/mol. The quantitative estimate of drug-likeness (QED) is 0.940. The van der Waals surface area contributed by atoms with Gasteiger partial charge in [0, 0.05) is 42.2 Å². The highest BCUT2D eigenvalue weighted by molar-refractivity contribution is 5.81. The van der Waals surface area contributed by atoms with Gasteiger partial charge < -0.3 is 4.90 Å². The van der Waals surface area contributed by atoms with Crippen molar-refractivity contribution in [3.63, 3.8) is 0 Å². The van der Waals surface area contributed by atoms with E-state index < -0.39 is 0 Å². The van der Waals surface area contributed by atoms with E-state index in [4.69, 9.17) is 0 Å². The molecule has 0 aromatic carbocycles. The molecule has 3 rings (SSSR count). The highest BCUT2D eigenvalue weighted by Gasteiger charge is 2.33. The smallest absolute Gasteiger partial charge is 0.227 e. The molecule has 0 bridgehead atoms. The summed E-state index contributed by atoms with van der Waals surface area (Å²) in [7, 11) is 0. The van der Waals surface area contributed by atoms with Crippen molar-refractivity contribution in [3.8, 4) is 11.3 Å². The number of carbonyl (C=O) groups excluding carboxylic acids is 1. The van der Waals surface area contributed by atoms with E-state index in [2.05, 4.69) is 20.2 Å². The monoisotopic (exact) mass is 327 g/mol. The number of carbonyl (C=O) groups is 1. The first-order chi connectivity index (χ1) is 11.4. The Labute approximate surface area is 142 Å². The molecule has 0 unspecified atom stereocenters. The van der Waals surface area contributed by atoms with Gasteiger partial charge in [-0.15, -0.1) is 0 Å². The first-order valence-corrected chi connectivity index (χ1v) is 8.46. The van der Waals surface area contributed by atoms with Crippen molar-refractivity contribution in [1.82, 2.24) is 25.1 Å². The fourth-order valence-corrected chi connectivity index (χ4v) is 3.26. The van der Waals surface area contributed by atoms with Gasteiger partial charge in [-0.1, -0.05) is 20.8 Å². The largest absolute Gasteiger partial charge is 0.342 e. The van der Waals surface area contributed by atoms with Crippen LogP contribution in [0.5, 0.6) is 0 Å². The Morgan fingerprint density at radius 3 is 2.75 bits per heavy atom. The standard InChI is InChI=1S/C18H25N5O/c1-12-14(10-21-22-12)16-15(19-6-7-20-16)9-13-5-8-23(11-13)17(24)18(2,3)4/h6-7,10,13H,5,8-9,11H2,1-4H3,(H,21,22)/t13-/m0/s1. The zero-order chi connectivity index (χ0) is 17.3. The third kappa shape index (κ3) is 3.32. The maximum absolute atomic E-state index is 12.4. The van der Waals surface area contributed by atoms with Crippen LogP contribution in [-0.2, 0) is 11.2 Å². The van der Waals surface area contributed by atoms with Gasteiger partial charge in [-0.05, 0) is 25.7 Å². The second-order valence-corrected chi connectivity index (χ2v) is 7.62. The number of H-pyrrole nitrogens is 1. The number of rotatable bonds is 3. The number of likely N-dealkylation sites (tertiary alicyclic amines) is 1. The molecular weight excluding hydrogens is 302 g/mol. The zero-order valence-electron chi connectivity index (χ0n) is 14.8. The molecule has 1 atom stereocenters. The molecule has 0 radical (unpaired) electrons. The van der Waals surface area contributed by atoms with Gasteiger partial charge in [0.05, 0.1) is 17.6 Å². The minimum atomic E-state index is -0.319. The van der Waals surface area contributed by atoms with Gasteiger partial charge in [0.15, 0.2) is 0 Å². The van der Waals surface area contributed by atoms with Crippen LogP contribution in [0.1, 0.15) is 38.6 Å². The lowest BCUT2D eigenvalue weighted by molar-refractivity contribution is -0.138. The summed E-state index contributed by atoms with van der Waals surface area (Å²) in [5.74, 6) is 0.661. The van der Waals surface area contributed by atoms with Crippen LogP contribution in [0.4, 0.5) is 0 Å². The topological polar surface area (TPSA) is 74.8 Å². The third-order valence-electron chi connectivity index (χ3n) is 4.56. The number of aromatic amines is 1. The fourth-order valence-electron chi connectivity index (χ4n) is 3.26. The van der Waals surface area contributed by atoms with Crippen LogP contribution in [-0.4, -0.2) is 44.1 Å².